The molecule has 0 saturated heterocycles. The number of carbonyl (C=O) groups is 1. The predicted octanol–water partition coefficient (Wildman–Crippen LogP) is 3.33. The van der Waals surface area contributed by atoms with Crippen molar-refractivity contribution in [2.75, 3.05) is 13.1 Å². The zero-order chi connectivity index (χ0) is 15.6. The number of terminal acetylenes is 1. The summed E-state index contributed by atoms with van der Waals surface area (Å²) in [5.41, 5.74) is -1.65. The number of hydrogen-bond acceptors (Lipinski definition) is 1. The van der Waals surface area contributed by atoms with Crippen molar-refractivity contribution in [3.05, 3.63) is 35.1 Å². The lowest BCUT2D eigenvalue weighted by Gasteiger charge is -2.20. The van der Waals surface area contributed by atoms with Crippen molar-refractivity contribution < 1.29 is 22.4 Å². The summed E-state index contributed by atoms with van der Waals surface area (Å²) in [6.07, 6.45) is 2.30. The fourth-order valence-electron chi connectivity index (χ4n) is 2.00. The lowest BCUT2D eigenvalue weighted by molar-refractivity contribution is -0.140. The fourth-order valence-corrected chi connectivity index (χ4v) is 2.00. The molecule has 0 aliphatic heterocycles. The van der Waals surface area contributed by atoms with Crippen molar-refractivity contribution in [2.45, 2.75) is 19.0 Å². The first kappa shape index (κ1) is 15.4. The maximum atomic E-state index is 13.2. The highest BCUT2D eigenvalue weighted by Gasteiger charge is 2.35. The maximum Gasteiger partial charge on any atom is 0.419 e. The molecule has 1 aromatic carbocycles. The first-order valence-electron chi connectivity index (χ1n) is 6.42. The normalized spacial score (nSPS) is 14.6. The lowest BCUT2D eigenvalue weighted by atomic mass is 10.1. The Bertz CT molecular complexity index is 584. The summed E-state index contributed by atoms with van der Waals surface area (Å²) < 4.78 is 51.2. The van der Waals surface area contributed by atoms with Crippen molar-refractivity contribution in [3.63, 3.8) is 0 Å². The molecule has 0 aromatic heterocycles. The standard InChI is InChI=1S/C15H13F4NO/c1-2-7-20(9-10-3-4-10)14(21)11-5-6-13(16)12(8-11)15(17,18)19/h1,5-6,8,10H,3-4,7,9H2. The molecule has 1 amide bonds. The lowest BCUT2D eigenvalue weighted by Crippen LogP contribution is -2.33. The van der Waals surface area contributed by atoms with Crippen LogP contribution in [-0.4, -0.2) is 23.9 Å². The van der Waals surface area contributed by atoms with E-state index in [0.717, 1.165) is 18.9 Å². The number of alkyl halides is 3. The summed E-state index contributed by atoms with van der Waals surface area (Å²) in [6, 6.07) is 2.23. The SMILES string of the molecule is C#CCN(CC1CC1)C(=O)c1ccc(F)c(C(F)(F)F)c1. The van der Waals surface area contributed by atoms with Crippen LogP contribution in [0.4, 0.5) is 17.6 Å². The molecule has 1 aromatic rings. The third-order valence-electron chi connectivity index (χ3n) is 3.26. The van der Waals surface area contributed by atoms with Crippen LogP contribution in [0.25, 0.3) is 0 Å². The van der Waals surface area contributed by atoms with Crippen molar-refractivity contribution >= 4 is 5.91 Å². The second kappa shape index (κ2) is 5.76. The van der Waals surface area contributed by atoms with Gasteiger partial charge in [0.2, 0.25) is 0 Å². The summed E-state index contributed by atoms with van der Waals surface area (Å²) in [6.45, 7) is 0.440. The van der Waals surface area contributed by atoms with Crippen molar-refractivity contribution in [3.8, 4) is 12.3 Å². The second-order valence-electron chi connectivity index (χ2n) is 5.03. The van der Waals surface area contributed by atoms with Gasteiger partial charge in [-0.1, -0.05) is 5.92 Å². The van der Waals surface area contributed by atoms with E-state index in [1.165, 1.54) is 4.90 Å². The molecule has 2 rings (SSSR count). The highest BCUT2D eigenvalue weighted by Crippen LogP contribution is 2.33. The molecule has 0 bridgehead atoms. The predicted molar refractivity (Wildman–Crippen MR) is 68.9 cm³/mol. The molecule has 1 saturated carbocycles. The van der Waals surface area contributed by atoms with Gasteiger partial charge < -0.3 is 4.90 Å². The van der Waals surface area contributed by atoms with E-state index in [-0.39, 0.29) is 12.1 Å². The molecule has 1 fully saturated rings. The minimum absolute atomic E-state index is 0.0219. The van der Waals surface area contributed by atoms with Crippen LogP contribution in [0.3, 0.4) is 0 Å². The van der Waals surface area contributed by atoms with Gasteiger partial charge >= 0.3 is 6.18 Å². The van der Waals surface area contributed by atoms with Gasteiger partial charge in [-0.15, -0.1) is 6.42 Å². The first-order chi connectivity index (χ1) is 9.82. The van der Waals surface area contributed by atoms with Gasteiger partial charge in [0.15, 0.2) is 0 Å². The smallest absolute Gasteiger partial charge is 0.327 e. The van der Waals surface area contributed by atoms with E-state index in [4.69, 9.17) is 6.42 Å². The summed E-state index contributed by atoms with van der Waals surface area (Å²) >= 11 is 0. The molecular formula is C15H13F4NO. The molecule has 21 heavy (non-hydrogen) atoms. The minimum Gasteiger partial charge on any atom is -0.327 e. The van der Waals surface area contributed by atoms with Gasteiger partial charge in [0, 0.05) is 12.1 Å². The Morgan fingerprint density at radius 2 is 2.05 bits per heavy atom. The van der Waals surface area contributed by atoms with Crippen LogP contribution in [0, 0.1) is 24.1 Å². The van der Waals surface area contributed by atoms with Crippen LogP contribution in [0.5, 0.6) is 0 Å². The molecule has 112 valence electrons. The topological polar surface area (TPSA) is 20.3 Å². The Morgan fingerprint density at radius 3 is 2.57 bits per heavy atom. The zero-order valence-corrected chi connectivity index (χ0v) is 11.1. The molecule has 0 spiro atoms. The molecule has 6 heteroatoms. The van der Waals surface area contributed by atoms with Crippen LogP contribution < -0.4 is 0 Å². The average Bonchev–Trinajstić information content (AvgIpc) is 3.20. The van der Waals surface area contributed by atoms with E-state index < -0.39 is 23.5 Å². The number of hydrogen-bond donors (Lipinski definition) is 0. The van der Waals surface area contributed by atoms with E-state index in [0.29, 0.717) is 24.6 Å². The van der Waals surface area contributed by atoms with Gasteiger partial charge in [-0.05, 0) is 37.0 Å². The van der Waals surface area contributed by atoms with Gasteiger partial charge in [0.25, 0.3) is 5.91 Å². The van der Waals surface area contributed by atoms with Gasteiger partial charge in [0.1, 0.15) is 5.82 Å². The van der Waals surface area contributed by atoms with E-state index in [1.807, 2.05) is 0 Å². The molecule has 0 radical (unpaired) electrons. The maximum absolute atomic E-state index is 13.2. The number of carbonyl (C=O) groups excluding carboxylic acids is 1. The average molecular weight is 299 g/mol. The molecule has 0 N–H and O–H groups in total. The Kier molecular flexibility index (Phi) is 4.21. The van der Waals surface area contributed by atoms with Crippen LogP contribution in [0.1, 0.15) is 28.8 Å². The monoisotopic (exact) mass is 299 g/mol. The summed E-state index contributed by atoms with van der Waals surface area (Å²) in [5.74, 6) is 0.664. The molecule has 1 aliphatic rings. The largest absolute Gasteiger partial charge is 0.419 e. The highest BCUT2D eigenvalue weighted by molar-refractivity contribution is 5.94. The first-order valence-corrected chi connectivity index (χ1v) is 6.42. The summed E-state index contributed by atoms with van der Waals surface area (Å²) in [5, 5.41) is 0. The zero-order valence-electron chi connectivity index (χ0n) is 11.1. The van der Waals surface area contributed by atoms with E-state index in [9.17, 15) is 22.4 Å². The molecule has 0 unspecified atom stereocenters. The van der Waals surface area contributed by atoms with Crippen LogP contribution >= 0.6 is 0 Å². The molecular weight excluding hydrogens is 286 g/mol. The van der Waals surface area contributed by atoms with Crippen molar-refractivity contribution in [2.24, 2.45) is 5.92 Å². The van der Waals surface area contributed by atoms with Gasteiger partial charge in [-0.2, -0.15) is 13.2 Å². The quantitative estimate of drug-likeness (QED) is 0.617. The van der Waals surface area contributed by atoms with Gasteiger partial charge in [-0.3, -0.25) is 4.79 Å². The number of rotatable bonds is 4. The summed E-state index contributed by atoms with van der Waals surface area (Å²) in [4.78, 5) is 13.6. The molecule has 1 aliphatic carbocycles. The molecule has 0 heterocycles. The third-order valence-corrected chi connectivity index (χ3v) is 3.26. The van der Waals surface area contributed by atoms with E-state index >= 15 is 0 Å². The van der Waals surface area contributed by atoms with Crippen molar-refractivity contribution in [1.82, 2.24) is 4.90 Å². The van der Waals surface area contributed by atoms with Crippen LogP contribution in [0.2, 0.25) is 0 Å². The Morgan fingerprint density at radius 1 is 1.38 bits per heavy atom. The van der Waals surface area contributed by atoms with Crippen molar-refractivity contribution in [1.29, 1.82) is 0 Å². The Hall–Kier alpha value is -2.03. The van der Waals surface area contributed by atoms with Gasteiger partial charge in [0.05, 0.1) is 12.1 Å². The minimum atomic E-state index is -4.84. The summed E-state index contributed by atoms with van der Waals surface area (Å²) in [7, 11) is 0. The van der Waals surface area contributed by atoms with E-state index in [2.05, 4.69) is 5.92 Å². The molecule has 2 nitrogen and oxygen atoms in total. The number of nitrogens with zero attached hydrogens (tertiary/aromatic N) is 1. The fraction of sp³-hybridized carbons (Fsp3) is 0.400. The number of benzene rings is 1. The van der Waals surface area contributed by atoms with E-state index in [1.54, 1.807) is 0 Å². The highest BCUT2D eigenvalue weighted by atomic mass is 19.4. The second-order valence-corrected chi connectivity index (χ2v) is 5.03. The number of halogens is 4. The van der Waals surface area contributed by atoms with Crippen LogP contribution in [0.15, 0.2) is 18.2 Å². The Balaban J connectivity index is 2.27. The van der Waals surface area contributed by atoms with Crippen LogP contribution in [-0.2, 0) is 6.18 Å². The van der Waals surface area contributed by atoms with Gasteiger partial charge in [-0.25, -0.2) is 4.39 Å². The number of amides is 1. The Labute approximate surface area is 119 Å². The third kappa shape index (κ3) is 3.75. The molecule has 0 atom stereocenters.